The van der Waals surface area contributed by atoms with Gasteiger partial charge in [-0.1, -0.05) is 13.8 Å². The van der Waals surface area contributed by atoms with Gasteiger partial charge < -0.3 is 10.2 Å². The third kappa shape index (κ3) is 2.21. The molecule has 2 heterocycles. The van der Waals surface area contributed by atoms with Crippen LogP contribution in [0.3, 0.4) is 0 Å². The molecular formula is C10H20N2O. The lowest BCUT2D eigenvalue weighted by molar-refractivity contribution is -0.134. The Bertz CT molecular complexity index is 182. The van der Waals surface area contributed by atoms with E-state index in [1.54, 1.807) is 0 Å². The maximum absolute atomic E-state index is 11.2. The number of nitrogens with zero attached hydrogens (tertiary/aromatic N) is 1. The first kappa shape index (κ1) is 10.5. The number of nitrogens with one attached hydrogen (secondary N) is 1. The van der Waals surface area contributed by atoms with E-state index >= 15 is 0 Å². The van der Waals surface area contributed by atoms with Crippen molar-refractivity contribution >= 4 is 5.91 Å². The predicted molar refractivity (Wildman–Crippen MR) is 53.5 cm³/mol. The van der Waals surface area contributed by atoms with Crippen molar-refractivity contribution in [3.05, 3.63) is 0 Å². The number of amides is 1. The molecule has 0 aliphatic carbocycles. The Morgan fingerprint density at radius 2 is 1.92 bits per heavy atom. The predicted octanol–water partition coefficient (Wildman–Crippen LogP) is 0.710. The number of rotatable bonds is 0. The topological polar surface area (TPSA) is 32.3 Å². The fourth-order valence-electron chi connectivity index (χ4n) is 2.07. The van der Waals surface area contributed by atoms with Crippen LogP contribution in [0.5, 0.6) is 0 Å². The zero-order chi connectivity index (χ0) is 9.84. The van der Waals surface area contributed by atoms with Gasteiger partial charge in [0.15, 0.2) is 0 Å². The molecule has 0 spiro atoms. The zero-order valence-electron chi connectivity index (χ0n) is 8.84. The van der Waals surface area contributed by atoms with Crippen LogP contribution in [-0.4, -0.2) is 37.5 Å². The average Bonchev–Trinajstić information content (AvgIpc) is 2.56. The summed E-state index contributed by atoms with van der Waals surface area (Å²) in [4.78, 5) is 13.1. The second kappa shape index (κ2) is 4.61. The maximum Gasteiger partial charge on any atom is 0.222 e. The van der Waals surface area contributed by atoms with Gasteiger partial charge >= 0.3 is 0 Å². The summed E-state index contributed by atoms with van der Waals surface area (Å²) in [6.45, 7) is 7.10. The largest absolute Gasteiger partial charge is 0.345 e. The Hall–Kier alpha value is -0.570. The lowest BCUT2D eigenvalue weighted by Crippen LogP contribution is -2.41. The van der Waals surface area contributed by atoms with Crippen LogP contribution in [0, 0.1) is 11.8 Å². The molecule has 0 saturated carbocycles. The summed E-state index contributed by atoms with van der Waals surface area (Å²) in [5.74, 6) is 1.66. The third-order valence-corrected chi connectivity index (χ3v) is 2.85. The van der Waals surface area contributed by atoms with E-state index < -0.39 is 0 Å². The van der Waals surface area contributed by atoms with Crippen LogP contribution in [0.15, 0.2) is 0 Å². The summed E-state index contributed by atoms with van der Waals surface area (Å²) >= 11 is 0. The lowest BCUT2D eigenvalue weighted by atomic mass is 9.88. The molecular weight excluding hydrogens is 164 g/mol. The van der Waals surface area contributed by atoms with Crippen LogP contribution in [0.25, 0.3) is 0 Å². The maximum atomic E-state index is 11.2. The van der Waals surface area contributed by atoms with E-state index in [4.69, 9.17) is 0 Å². The Kier molecular flexibility index (Phi) is 3.72. The highest BCUT2D eigenvalue weighted by atomic mass is 16.2. The molecule has 2 atom stereocenters. The Morgan fingerprint density at radius 3 is 2.62 bits per heavy atom. The second-order valence-corrected chi connectivity index (χ2v) is 3.66. The molecule has 0 radical (unpaired) electrons. The molecule has 2 aliphatic heterocycles. The molecule has 2 rings (SSSR count). The molecule has 0 aromatic rings. The molecule has 1 N–H and O–H groups in total. The minimum Gasteiger partial charge on any atom is -0.345 e. The van der Waals surface area contributed by atoms with Crippen LogP contribution in [-0.2, 0) is 4.79 Å². The number of hydrogen-bond acceptors (Lipinski definition) is 2. The van der Waals surface area contributed by atoms with Crippen molar-refractivity contribution in [1.82, 2.24) is 10.2 Å². The van der Waals surface area contributed by atoms with Gasteiger partial charge in [-0.15, -0.1) is 0 Å². The molecule has 76 valence electrons. The van der Waals surface area contributed by atoms with Crippen molar-refractivity contribution in [1.29, 1.82) is 0 Å². The van der Waals surface area contributed by atoms with Gasteiger partial charge in [-0.2, -0.15) is 0 Å². The fourth-order valence-corrected chi connectivity index (χ4v) is 2.07. The van der Waals surface area contributed by atoms with Gasteiger partial charge in [-0.05, 0) is 24.9 Å². The fraction of sp³-hybridized carbons (Fsp3) is 0.900. The molecule has 0 aromatic carbocycles. The van der Waals surface area contributed by atoms with E-state index in [-0.39, 0.29) is 0 Å². The Morgan fingerprint density at radius 1 is 1.31 bits per heavy atom. The third-order valence-electron chi connectivity index (χ3n) is 2.85. The molecule has 2 unspecified atom stereocenters. The zero-order valence-corrected chi connectivity index (χ0v) is 8.84. The summed E-state index contributed by atoms with van der Waals surface area (Å²) in [7, 11) is 1.90. The summed E-state index contributed by atoms with van der Waals surface area (Å²) in [5.41, 5.74) is 0. The normalized spacial score (nSPS) is 32.2. The van der Waals surface area contributed by atoms with Gasteiger partial charge in [0, 0.05) is 20.0 Å². The highest BCUT2D eigenvalue weighted by molar-refractivity contribution is 5.77. The standard InChI is InChI=1S/C8H14N2O.C2H6/c1-10-5-7-4-9-3-6(7)2-8(10)11;1-2/h6-7,9H,2-5H2,1H3;1-2H3. The van der Waals surface area contributed by atoms with Crippen molar-refractivity contribution in [3.63, 3.8) is 0 Å². The van der Waals surface area contributed by atoms with Crippen molar-refractivity contribution in [2.75, 3.05) is 26.7 Å². The molecule has 2 aliphatic rings. The molecule has 1 amide bonds. The van der Waals surface area contributed by atoms with Crippen molar-refractivity contribution < 1.29 is 4.79 Å². The average molecular weight is 184 g/mol. The smallest absolute Gasteiger partial charge is 0.222 e. The molecule has 0 bridgehead atoms. The van der Waals surface area contributed by atoms with Crippen molar-refractivity contribution in [3.8, 4) is 0 Å². The van der Waals surface area contributed by atoms with Crippen molar-refractivity contribution in [2.45, 2.75) is 20.3 Å². The van der Waals surface area contributed by atoms with Crippen LogP contribution in [0.1, 0.15) is 20.3 Å². The van der Waals surface area contributed by atoms with Gasteiger partial charge in [0.2, 0.25) is 5.91 Å². The number of carbonyl (C=O) groups is 1. The molecule has 13 heavy (non-hydrogen) atoms. The first-order valence-corrected chi connectivity index (χ1v) is 5.22. The van der Waals surface area contributed by atoms with Crippen LogP contribution in [0.2, 0.25) is 0 Å². The summed E-state index contributed by atoms with van der Waals surface area (Å²) < 4.78 is 0. The number of fused-ring (bicyclic) bond motifs is 1. The van der Waals surface area contributed by atoms with Gasteiger partial charge in [-0.25, -0.2) is 0 Å². The summed E-state index contributed by atoms with van der Waals surface area (Å²) in [6.07, 6.45) is 0.758. The van der Waals surface area contributed by atoms with E-state index in [0.29, 0.717) is 11.8 Å². The lowest BCUT2D eigenvalue weighted by Gasteiger charge is -2.31. The monoisotopic (exact) mass is 184 g/mol. The number of likely N-dealkylation sites (tertiary alicyclic amines) is 1. The highest BCUT2D eigenvalue weighted by Gasteiger charge is 2.35. The molecule has 3 heteroatoms. The molecule has 0 aromatic heterocycles. The highest BCUT2D eigenvalue weighted by Crippen LogP contribution is 2.26. The number of hydrogen-bond donors (Lipinski definition) is 1. The Balaban J connectivity index is 0.000000396. The second-order valence-electron chi connectivity index (χ2n) is 3.66. The van der Waals surface area contributed by atoms with Gasteiger partial charge in [-0.3, -0.25) is 4.79 Å². The van der Waals surface area contributed by atoms with E-state index in [0.717, 1.165) is 32.0 Å². The van der Waals surface area contributed by atoms with E-state index in [2.05, 4.69) is 5.32 Å². The minimum atomic E-state index is 0.315. The molecule has 3 nitrogen and oxygen atoms in total. The quantitative estimate of drug-likeness (QED) is 0.601. The SMILES string of the molecule is CC.CN1CC2CNCC2CC1=O. The summed E-state index contributed by atoms with van der Waals surface area (Å²) in [6, 6.07) is 0. The first-order valence-electron chi connectivity index (χ1n) is 5.22. The van der Waals surface area contributed by atoms with Gasteiger partial charge in [0.1, 0.15) is 0 Å². The summed E-state index contributed by atoms with van der Waals surface area (Å²) in [5, 5.41) is 3.33. The molecule has 2 fully saturated rings. The van der Waals surface area contributed by atoms with E-state index in [1.807, 2.05) is 25.8 Å². The first-order chi connectivity index (χ1) is 6.27. The van der Waals surface area contributed by atoms with E-state index in [1.165, 1.54) is 0 Å². The van der Waals surface area contributed by atoms with Gasteiger partial charge in [0.25, 0.3) is 0 Å². The number of carbonyl (C=O) groups excluding carboxylic acids is 1. The number of piperidine rings is 1. The van der Waals surface area contributed by atoms with E-state index in [9.17, 15) is 4.79 Å². The minimum absolute atomic E-state index is 0.315. The molecule has 2 saturated heterocycles. The van der Waals surface area contributed by atoms with Crippen LogP contribution >= 0.6 is 0 Å². The van der Waals surface area contributed by atoms with Crippen LogP contribution in [0.4, 0.5) is 0 Å². The van der Waals surface area contributed by atoms with Crippen molar-refractivity contribution in [2.24, 2.45) is 11.8 Å². The van der Waals surface area contributed by atoms with Crippen LogP contribution < -0.4 is 5.32 Å². The Labute approximate surface area is 80.5 Å². The van der Waals surface area contributed by atoms with Gasteiger partial charge in [0.05, 0.1) is 0 Å².